The zero-order valence-corrected chi connectivity index (χ0v) is 8.58. The molecule has 16 heavy (non-hydrogen) atoms. The molecule has 0 bridgehead atoms. The Morgan fingerprint density at radius 3 is 2.69 bits per heavy atom. The van der Waals surface area contributed by atoms with Crippen molar-refractivity contribution >= 4 is 5.97 Å². The van der Waals surface area contributed by atoms with Crippen LogP contribution < -0.4 is 0 Å². The van der Waals surface area contributed by atoms with Crippen LogP contribution in [0.2, 0.25) is 0 Å². The predicted octanol–water partition coefficient (Wildman–Crippen LogP) is 1.49. The smallest absolute Gasteiger partial charge is 0.354 e. The molecule has 0 unspecified atom stereocenters. The van der Waals surface area contributed by atoms with Crippen LogP contribution in [0.15, 0.2) is 30.3 Å². The molecule has 0 saturated heterocycles. The summed E-state index contributed by atoms with van der Waals surface area (Å²) in [5, 5.41) is 22.2. The molecular weight excluding hydrogens is 208 g/mol. The van der Waals surface area contributed by atoms with Gasteiger partial charge in [-0.2, -0.15) is 5.10 Å². The van der Waals surface area contributed by atoms with Gasteiger partial charge in [-0.15, -0.1) is 0 Å². The van der Waals surface area contributed by atoms with E-state index in [1.54, 1.807) is 25.2 Å². The molecule has 5 nitrogen and oxygen atoms in total. The Labute approximate surface area is 91.6 Å². The van der Waals surface area contributed by atoms with Gasteiger partial charge in [0.05, 0.1) is 5.69 Å². The molecule has 0 amide bonds. The first-order valence-electron chi connectivity index (χ1n) is 4.64. The molecule has 0 aliphatic rings. The van der Waals surface area contributed by atoms with E-state index in [0.29, 0.717) is 11.3 Å². The first-order chi connectivity index (χ1) is 7.58. The second-order valence-electron chi connectivity index (χ2n) is 3.39. The Balaban J connectivity index is 2.49. The lowest BCUT2D eigenvalue weighted by Crippen LogP contribution is -2.04. The molecule has 1 aromatic carbocycles. The summed E-state index contributed by atoms with van der Waals surface area (Å²) in [4.78, 5) is 10.8. The van der Waals surface area contributed by atoms with Gasteiger partial charge in [0.25, 0.3) is 0 Å². The standard InChI is InChI=1S/C11H10N2O3/c1-13-10(11(15)16)6-9(12-13)7-3-2-4-8(14)5-7/h2-6,14H,1H3,(H,15,16). The fraction of sp³-hybridized carbons (Fsp3) is 0.0909. The van der Waals surface area contributed by atoms with E-state index in [1.807, 2.05) is 0 Å². The minimum atomic E-state index is -1.03. The molecule has 0 fully saturated rings. The molecule has 2 N–H and O–H groups in total. The lowest BCUT2D eigenvalue weighted by molar-refractivity contribution is 0.0685. The number of rotatable bonds is 2. The van der Waals surface area contributed by atoms with Crippen molar-refractivity contribution in [1.82, 2.24) is 9.78 Å². The van der Waals surface area contributed by atoms with Gasteiger partial charge >= 0.3 is 5.97 Å². The number of carboxylic acids is 1. The molecule has 0 saturated carbocycles. The van der Waals surface area contributed by atoms with Gasteiger partial charge in [-0.1, -0.05) is 12.1 Å². The number of aromatic carboxylic acids is 1. The average Bonchev–Trinajstić information content (AvgIpc) is 2.60. The number of nitrogens with zero attached hydrogens (tertiary/aromatic N) is 2. The maximum absolute atomic E-state index is 10.8. The van der Waals surface area contributed by atoms with Crippen molar-refractivity contribution in [1.29, 1.82) is 0 Å². The highest BCUT2D eigenvalue weighted by atomic mass is 16.4. The Morgan fingerprint density at radius 2 is 2.12 bits per heavy atom. The molecule has 82 valence electrons. The average molecular weight is 218 g/mol. The van der Waals surface area contributed by atoms with Crippen molar-refractivity contribution in [2.75, 3.05) is 0 Å². The number of benzene rings is 1. The number of hydrogen-bond donors (Lipinski definition) is 2. The van der Waals surface area contributed by atoms with E-state index >= 15 is 0 Å². The highest BCUT2D eigenvalue weighted by molar-refractivity contribution is 5.87. The Bertz CT molecular complexity index is 546. The zero-order valence-electron chi connectivity index (χ0n) is 8.58. The summed E-state index contributed by atoms with van der Waals surface area (Å²) >= 11 is 0. The fourth-order valence-corrected chi connectivity index (χ4v) is 1.47. The number of aromatic hydroxyl groups is 1. The van der Waals surface area contributed by atoms with Crippen molar-refractivity contribution in [2.24, 2.45) is 7.05 Å². The van der Waals surface area contributed by atoms with Gasteiger partial charge in [-0.05, 0) is 18.2 Å². The molecule has 1 heterocycles. The summed E-state index contributed by atoms with van der Waals surface area (Å²) in [7, 11) is 1.57. The summed E-state index contributed by atoms with van der Waals surface area (Å²) in [5.41, 5.74) is 1.32. The monoisotopic (exact) mass is 218 g/mol. The highest BCUT2D eigenvalue weighted by Crippen LogP contribution is 2.22. The molecule has 0 radical (unpaired) electrons. The number of hydrogen-bond acceptors (Lipinski definition) is 3. The summed E-state index contributed by atoms with van der Waals surface area (Å²) < 4.78 is 1.29. The van der Waals surface area contributed by atoms with Gasteiger partial charge in [0.15, 0.2) is 0 Å². The quantitative estimate of drug-likeness (QED) is 0.800. The van der Waals surface area contributed by atoms with Crippen LogP contribution in [-0.4, -0.2) is 26.0 Å². The third-order valence-corrected chi connectivity index (χ3v) is 2.24. The molecule has 2 aromatic rings. The van der Waals surface area contributed by atoms with Crippen LogP contribution >= 0.6 is 0 Å². The van der Waals surface area contributed by atoms with Crippen molar-refractivity contribution in [3.05, 3.63) is 36.0 Å². The second kappa shape index (κ2) is 3.69. The minimum absolute atomic E-state index is 0.110. The van der Waals surface area contributed by atoms with E-state index in [9.17, 15) is 9.90 Å². The number of aromatic nitrogens is 2. The van der Waals surface area contributed by atoms with E-state index < -0.39 is 5.97 Å². The van der Waals surface area contributed by atoms with Crippen molar-refractivity contribution in [3.63, 3.8) is 0 Å². The molecule has 1 aromatic heterocycles. The predicted molar refractivity (Wildman–Crippen MR) is 57.3 cm³/mol. The lowest BCUT2D eigenvalue weighted by atomic mass is 10.1. The van der Waals surface area contributed by atoms with E-state index in [4.69, 9.17) is 5.11 Å². The molecule has 2 rings (SSSR count). The van der Waals surface area contributed by atoms with Gasteiger partial charge in [-0.3, -0.25) is 4.68 Å². The lowest BCUT2D eigenvalue weighted by Gasteiger charge is -1.96. The molecule has 0 atom stereocenters. The Kier molecular flexibility index (Phi) is 2.36. The first-order valence-corrected chi connectivity index (χ1v) is 4.64. The molecule has 0 aliphatic heterocycles. The maximum atomic E-state index is 10.8. The van der Waals surface area contributed by atoms with Gasteiger partial charge in [0.2, 0.25) is 0 Å². The fourth-order valence-electron chi connectivity index (χ4n) is 1.47. The van der Waals surface area contributed by atoms with E-state index in [-0.39, 0.29) is 11.4 Å². The summed E-state index contributed by atoms with van der Waals surface area (Å²) in [6.45, 7) is 0. The van der Waals surface area contributed by atoms with Crippen LogP contribution in [0.25, 0.3) is 11.3 Å². The molecule has 0 aliphatic carbocycles. The molecule has 0 spiro atoms. The van der Waals surface area contributed by atoms with Crippen LogP contribution in [0.3, 0.4) is 0 Å². The van der Waals surface area contributed by atoms with Crippen LogP contribution in [-0.2, 0) is 7.05 Å². The minimum Gasteiger partial charge on any atom is -0.508 e. The van der Waals surface area contributed by atoms with Crippen LogP contribution in [0.1, 0.15) is 10.5 Å². The number of carbonyl (C=O) groups is 1. The van der Waals surface area contributed by atoms with E-state index in [1.165, 1.54) is 16.8 Å². The van der Waals surface area contributed by atoms with Gasteiger partial charge in [0, 0.05) is 12.6 Å². The molecule has 5 heteroatoms. The number of carboxylic acid groups (broad SMARTS) is 1. The largest absolute Gasteiger partial charge is 0.508 e. The second-order valence-corrected chi connectivity index (χ2v) is 3.39. The van der Waals surface area contributed by atoms with E-state index in [2.05, 4.69) is 5.10 Å². The Hall–Kier alpha value is -2.30. The maximum Gasteiger partial charge on any atom is 0.354 e. The van der Waals surface area contributed by atoms with E-state index in [0.717, 1.165) is 0 Å². The topological polar surface area (TPSA) is 75.3 Å². The SMILES string of the molecule is Cn1nc(-c2cccc(O)c2)cc1C(=O)O. The number of phenols is 1. The summed E-state index contributed by atoms with van der Waals surface area (Å²) in [6.07, 6.45) is 0. The summed E-state index contributed by atoms with van der Waals surface area (Å²) in [5.74, 6) is -0.901. The van der Waals surface area contributed by atoms with Crippen molar-refractivity contribution < 1.29 is 15.0 Å². The normalized spacial score (nSPS) is 10.3. The number of aryl methyl sites for hydroxylation is 1. The third-order valence-electron chi connectivity index (χ3n) is 2.24. The Morgan fingerprint density at radius 1 is 1.38 bits per heavy atom. The molecular formula is C11H10N2O3. The third kappa shape index (κ3) is 1.75. The van der Waals surface area contributed by atoms with Crippen molar-refractivity contribution in [3.8, 4) is 17.0 Å². The van der Waals surface area contributed by atoms with Crippen LogP contribution in [0, 0.1) is 0 Å². The summed E-state index contributed by atoms with van der Waals surface area (Å²) in [6, 6.07) is 7.99. The zero-order chi connectivity index (χ0) is 11.7. The van der Waals surface area contributed by atoms with Gasteiger partial charge in [0.1, 0.15) is 11.4 Å². The highest BCUT2D eigenvalue weighted by Gasteiger charge is 2.12. The van der Waals surface area contributed by atoms with Crippen LogP contribution in [0.4, 0.5) is 0 Å². The van der Waals surface area contributed by atoms with Gasteiger partial charge < -0.3 is 10.2 Å². The van der Waals surface area contributed by atoms with Crippen molar-refractivity contribution in [2.45, 2.75) is 0 Å². The number of phenolic OH excluding ortho intramolecular Hbond substituents is 1. The van der Waals surface area contributed by atoms with Gasteiger partial charge in [-0.25, -0.2) is 4.79 Å². The van der Waals surface area contributed by atoms with Crippen LogP contribution in [0.5, 0.6) is 5.75 Å². The first kappa shape index (κ1) is 10.2.